The molecule has 3 rings (SSSR count). The number of benzene rings is 1. The number of allylic oxidation sites excluding steroid dienone is 2. The van der Waals surface area contributed by atoms with Crippen LogP contribution in [0.1, 0.15) is 45.1 Å². The third kappa shape index (κ3) is 2.90. The van der Waals surface area contributed by atoms with Gasteiger partial charge in [0, 0.05) is 39.4 Å². The highest BCUT2D eigenvalue weighted by Gasteiger charge is 2.43. The molecule has 2 aliphatic rings. The summed E-state index contributed by atoms with van der Waals surface area (Å²) in [6, 6.07) is 7.53. The van der Waals surface area contributed by atoms with Crippen molar-refractivity contribution in [3.8, 4) is 6.07 Å². The van der Waals surface area contributed by atoms with Gasteiger partial charge in [-0.15, -0.1) is 0 Å². The van der Waals surface area contributed by atoms with E-state index in [1.165, 1.54) is 0 Å². The maximum absolute atomic E-state index is 12.9. The molecule has 0 saturated carbocycles. The highest BCUT2D eigenvalue weighted by molar-refractivity contribution is 6.35. The standard InChI is InChI=1S/C19H18Cl2N2O/c1-10-13(9-22)17(12-5-4-11(20)6-14(12)21)18-15(23-10)7-19(2,3)8-16(18)24/h4-6,13,17H,7-8H2,1-3H3/t13?,17-/m1/s1. The van der Waals surface area contributed by atoms with E-state index in [4.69, 9.17) is 23.2 Å². The first-order valence-corrected chi connectivity index (χ1v) is 8.65. The molecule has 0 bridgehead atoms. The summed E-state index contributed by atoms with van der Waals surface area (Å²) in [7, 11) is 0. The van der Waals surface area contributed by atoms with Crippen molar-refractivity contribution >= 4 is 34.7 Å². The van der Waals surface area contributed by atoms with E-state index in [0.717, 1.165) is 23.4 Å². The Morgan fingerprint density at radius 2 is 2.00 bits per heavy atom. The van der Waals surface area contributed by atoms with E-state index in [2.05, 4.69) is 24.9 Å². The zero-order chi connectivity index (χ0) is 17.6. The van der Waals surface area contributed by atoms with Crippen LogP contribution in [-0.4, -0.2) is 11.5 Å². The Labute approximate surface area is 152 Å². The third-order valence-electron chi connectivity index (χ3n) is 4.74. The van der Waals surface area contributed by atoms with Crippen molar-refractivity contribution in [3.05, 3.63) is 45.1 Å². The Kier molecular flexibility index (Phi) is 4.32. The number of Topliss-reactive ketones (excluding diaryl/α,β-unsaturated/α-hetero) is 1. The fourth-order valence-electron chi connectivity index (χ4n) is 3.70. The molecule has 1 heterocycles. The maximum Gasteiger partial charge on any atom is 0.161 e. The van der Waals surface area contributed by atoms with Crippen LogP contribution in [0.5, 0.6) is 0 Å². The van der Waals surface area contributed by atoms with Crippen LogP contribution in [0.4, 0.5) is 0 Å². The van der Waals surface area contributed by atoms with E-state index < -0.39 is 5.92 Å². The number of carbonyl (C=O) groups is 1. The van der Waals surface area contributed by atoms with E-state index in [-0.39, 0.29) is 17.1 Å². The largest absolute Gasteiger partial charge is 0.294 e. The van der Waals surface area contributed by atoms with Gasteiger partial charge in [0.05, 0.1) is 12.0 Å². The van der Waals surface area contributed by atoms with Crippen molar-refractivity contribution < 1.29 is 4.79 Å². The van der Waals surface area contributed by atoms with Crippen LogP contribution in [0.3, 0.4) is 0 Å². The predicted molar refractivity (Wildman–Crippen MR) is 96.5 cm³/mol. The Balaban J connectivity index is 2.22. The second-order valence-corrected chi connectivity index (χ2v) is 8.15. The molecule has 1 aliphatic carbocycles. The number of aliphatic imine (C=N–C) groups is 1. The molecule has 1 aliphatic heterocycles. The van der Waals surface area contributed by atoms with Gasteiger partial charge in [0.1, 0.15) is 0 Å². The van der Waals surface area contributed by atoms with Crippen LogP contribution < -0.4 is 0 Å². The molecule has 0 radical (unpaired) electrons. The normalized spacial score (nSPS) is 25.8. The van der Waals surface area contributed by atoms with Gasteiger partial charge in [0.15, 0.2) is 5.78 Å². The average Bonchev–Trinajstić information content (AvgIpc) is 2.44. The minimum Gasteiger partial charge on any atom is -0.294 e. The second-order valence-electron chi connectivity index (χ2n) is 7.30. The zero-order valence-electron chi connectivity index (χ0n) is 13.9. The quantitative estimate of drug-likeness (QED) is 0.678. The van der Waals surface area contributed by atoms with Gasteiger partial charge >= 0.3 is 0 Å². The molecule has 1 aromatic rings. The molecule has 124 valence electrons. The summed E-state index contributed by atoms with van der Waals surface area (Å²) in [6.45, 7) is 5.99. The summed E-state index contributed by atoms with van der Waals surface area (Å²) in [5.74, 6) is -0.808. The molecule has 0 spiro atoms. The molecular formula is C19H18Cl2N2O. The molecule has 24 heavy (non-hydrogen) atoms. The lowest BCUT2D eigenvalue weighted by molar-refractivity contribution is -0.118. The summed E-state index contributed by atoms with van der Waals surface area (Å²) in [5.41, 5.74) is 2.83. The Morgan fingerprint density at radius 3 is 2.62 bits per heavy atom. The van der Waals surface area contributed by atoms with Crippen molar-refractivity contribution in [3.63, 3.8) is 0 Å². The van der Waals surface area contributed by atoms with Crippen LogP contribution in [0, 0.1) is 22.7 Å². The van der Waals surface area contributed by atoms with E-state index in [0.29, 0.717) is 22.0 Å². The van der Waals surface area contributed by atoms with Gasteiger partial charge in [-0.05, 0) is 36.5 Å². The molecule has 0 amide bonds. The van der Waals surface area contributed by atoms with Crippen LogP contribution in [0.25, 0.3) is 0 Å². The van der Waals surface area contributed by atoms with E-state index >= 15 is 0 Å². The number of nitriles is 1. The first-order chi connectivity index (χ1) is 11.2. The number of carbonyl (C=O) groups excluding carboxylic acids is 1. The number of hydrogen-bond acceptors (Lipinski definition) is 3. The summed E-state index contributed by atoms with van der Waals surface area (Å²) in [5, 5.41) is 10.7. The first kappa shape index (κ1) is 17.2. The van der Waals surface area contributed by atoms with Crippen molar-refractivity contribution in [1.29, 1.82) is 5.26 Å². The lowest BCUT2D eigenvalue weighted by Gasteiger charge is -2.38. The van der Waals surface area contributed by atoms with Gasteiger partial charge in [-0.1, -0.05) is 43.1 Å². The highest BCUT2D eigenvalue weighted by Crippen LogP contribution is 2.48. The molecule has 1 aromatic carbocycles. The molecule has 0 saturated heterocycles. The van der Waals surface area contributed by atoms with Crippen molar-refractivity contribution in [2.45, 2.75) is 39.5 Å². The van der Waals surface area contributed by atoms with Gasteiger partial charge in [-0.3, -0.25) is 9.79 Å². The number of ketones is 1. The summed E-state index contributed by atoms with van der Waals surface area (Å²) < 4.78 is 0. The van der Waals surface area contributed by atoms with Crippen molar-refractivity contribution in [2.24, 2.45) is 16.3 Å². The maximum atomic E-state index is 12.9. The molecule has 2 atom stereocenters. The smallest absolute Gasteiger partial charge is 0.161 e. The molecule has 3 nitrogen and oxygen atoms in total. The van der Waals surface area contributed by atoms with E-state index in [1.807, 2.05) is 13.0 Å². The molecule has 5 heteroatoms. The van der Waals surface area contributed by atoms with Crippen molar-refractivity contribution in [2.75, 3.05) is 0 Å². The number of rotatable bonds is 1. The lowest BCUT2D eigenvalue weighted by Crippen LogP contribution is -2.35. The van der Waals surface area contributed by atoms with Gasteiger partial charge < -0.3 is 0 Å². The van der Waals surface area contributed by atoms with Crippen LogP contribution in [0.2, 0.25) is 10.0 Å². The summed E-state index contributed by atoms with van der Waals surface area (Å²) in [6.07, 6.45) is 1.19. The fourth-order valence-corrected chi connectivity index (χ4v) is 4.23. The molecule has 1 unspecified atom stereocenters. The second kappa shape index (κ2) is 6.02. The Morgan fingerprint density at radius 1 is 1.29 bits per heavy atom. The number of hydrogen-bond donors (Lipinski definition) is 0. The lowest BCUT2D eigenvalue weighted by atomic mass is 9.67. The monoisotopic (exact) mass is 360 g/mol. The molecule has 0 fully saturated rings. The van der Waals surface area contributed by atoms with Gasteiger partial charge in [0.25, 0.3) is 0 Å². The predicted octanol–water partition coefficient (Wildman–Crippen LogP) is 5.33. The van der Waals surface area contributed by atoms with Crippen molar-refractivity contribution in [1.82, 2.24) is 0 Å². The average molecular weight is 361 g/mol. The van der Waals surface area contributed by atoms with Gasteiger partial charge in [-0.2, -0.15) is 5.26 Å². The minimum atomic E-state index is -0.493. The molecular weight excluding hydrogens is 343 g/mol. The topological polar surface area (TPSA) is 53.2 Å². The fraction of sp³-hybridized carbons (Fsp3) is 0.421. The summed E-state index contributed by atoms with van der Waals surface area (Å²) >= 11 is 12.4. The molecule has 0 aromatic heterocycles. The third-order valence-corrected chi connectivity index (χ3v) is 5.30. The van der Waals surface area contributed by atoms with Crippen LogP contribution >= 0.6 is 23.2 Å². The minimum absolute atomic E-state index is 0.0637. The van der Waals surface area contributed by atoms with E-state index in [1.54, 1.807) is 12.1 Å². The van der Waals surface area contributed by atoms with Crippen LogP contribution in [0.15, 0.2) is 34.5 Å². The Hall–Kier alpha value is -1.63. The number of nitrogens with zero attached hydrogens (tertiary/aromatic N) is 2. The highest BCUT2D eigenvalue weighted by atomic mass is 35.5. The van der Waals surface area contributed by atoms with E-state index in [9.17, 15) is 10.1 Å². The first-order valence-electron chi connectivity index (χ1n) is 7.89. The zero-order valence-corrected chi connectivity index (χ0v) is 15.4. The number of halogens is 2. The molecule has 0 N–H and O–H groups in total. The summed E-state index contributed by atoms with van der Waals surface area (Å²) in [4.78, 5) is 17.5. The SMILES string of the molecule is CC1=NC2=C(C(=O)CC(C)(C)C2)[C@H](c2ccc(Cl)cc2Cl)C1C#N. The van der Waals surface area contributed by atoms with Crippen LogP contribution in [-0.2, 0) is 4.79 Å². The Bertz CT molecular complexity index is 830. The van der Waals surface area contributed by atoms with Gasteiger partial charge in [0.2, 0.25) is 0 Å². The van der Waals surface area contributed by atoms with Gasteiger partial charge in [-0.25, -0.2) is 0 Å².